The third kappa shape index (κ3) is 5.56. The summed E-state index contributed by atoms with van der Waals surface area (Å²) in [7, 11) is 0. The quantitative estimate of drug-likeness (QED) is 0.791. The first-order chi connectivity index (χ1) is 12.4. The van der Waals surface area contributed by atoms with E-state index < -0.39 is 0 Å². The summed E-state index contributed by atoms with van der Waals surface area (Å²) in [6, 6.07) is 7.43. The number of unbranched alkanes of at least 4 members (excludes halogenated alkanes) is 1. The molecule has 1 saturated heterocycles. The van der Waals surface area contributed by atoms with Crippen LogP contribution in [0.3, 0.4) is 0 Å². The van der Waals surface area contributed by atoms with Crippen LogP contribution in [0.4, 0.5) is 5.69 Å². The lowest BCUT2D eigenvalue weighted by atomic mass is 9.92. The molecule has 0 saturated carbocycles. The van der Waals surface area contributed by atoms with Gasteiger partial charge in [-0.25, -0.2) is 0 Å². The van der Waals surface area contributed by atoms with Crippen molar-refractivity contribution in [2.45, 2.75) is 71.4 Å². The lowest BCUT2D eigenvalue weighted by Gasteiger charge is -2.41. The normalized spacial score (nSPS) is 19.0. The van der Waals surface area contributed by atoms with Crippen LogP contribution in [0.15, 0.2) is 24.3 Å². The monoisotopic (exact) mass is 360 g/mol. The van der Waals surface area contributed by atoms with Crippen molar-refractivity contribution in [2.75, 3.05) is 18.5 Å². The Kier molecular flexibility index (Phi) is 7.21. The highest BCUT2D eigenvalue weighted by molar-refractivity contribution is 5.97. The molecule has 1 fully saturated rings. The van der Waals surface area contributed by atoms with Gasteiger partial charge in [-0.2, -0.15) is 0 Å². The first-order valence-corrected chi connectivity index (χ1v) is 9.71. The molecule has 1 aromatic rings. The van der Waals surface area contributed by atoms with E-state index in [2.05, 4.69) is 26.1 Å². The van der Waals surface area contributed by atoms with Crippen LogP contribution in [-0.2, 0) is 9.53 Å². The number of benzene rings is 1. The maximum absolute atomic E-state index is 13.1. The lowest BCUT2D eigenvalue weighted by molar-refractivity contribution is -0.116. The summed E-state index contributed by atoms with van der Waals surface area (Å²) in [5, 5.41) is 2.89. The fourth-order valence-corrected chi connectivity index (χ4v) is 3.49. The number of hydrogen-bond donors (Lipinski definition) is 1. The van der Waals surface area contributed by atoms with Gasteiger partial charge in [0, 0.05) is 36.9 Å². The van der Waals surface area contributed by atoms with Crippen LogP contribution in [-0.4, -0.2) is 41.5 Å². The minimum atomic E-state index is -0.203. The molecular formula is C21H32N2O3. The second kappa shape index (κ2) is 9.17. The molecule has 5 heteroatoms. The van der Waals surface area contributed by atoms with Gasteiger partial charge in [-0.05, 0) is 58.2 Å². The molecule has 1 aliphatic rings. The van der Waals surface area contributed by atoms with Gasteiger partial charge >= 0.3 is 0 Å². The number of ether oxygens (including phenoxy) is 1. The molecule has 2 rings (SSSR count). The van der Waals surface area contributed by atoms with Gasteiger partial charge in [-0.3, -0.25) is 9.59 Å². The first kappa shape index (κ1) is 20.4. The van der Waals surface area contributed by atoms with E-state index in [0.29, 0.717) is 30.8 Å². The topological polar surface area (TPSA) is 58.6 Å². The van der Waals surface area contributed by atoms with E-state index in [1.807, 2.05) is 30.0 Å². The molecule has 1 aliphatic heterocycles. The molecule has 0 spiro atoms. The Bertz CT molecular complexity index is 627. The average Bonchev–Trinajstić information content (AvgIpc) is 2.60. The summed E-state index contributed by atoms with van der Waals surface area (Å²) >= 11 is 0. The van der Waals surface area contributed by atoms with Crippen molar-refractivity contribution in [3.05, 3.63) is 29.8 Å². The molecule has 26 heavy (non-hydrogen) atoms. The maximum Gasteiger partial charge on any atom is 0.254 e. The van der Waals surface area contributed by atoms with Crippen molar-refractivity contribution in [3.8, 4) is 0 Å². The summed E-state index contributed by atoms with van der Waals surface area (Å²) in [6.07, 6.45) is 4.05. The van der Waals surface area contributed by atoms with Gasteiger partial charge in [0.1, 0.15) is 0 Å². The number of carbonyl (C=O) groups excluding carboxylic acids is 2. The Hall–Kier alpha value is -1.88. The van der Waals surface area contributed by atoms with Crippen LogP contribution in [0.1, 0.15) is 70.2 Å². The van der Waals surface area contributed by atoms with Gasteiger partial charge in [-0.1, -0.05) is 19.4 Å². The zero-order valence-corrected chi connectivity index (χ0v) is 16.5. The minimum absolute atomic E-state index is 0.00465. The summed E-state index contributed by atoms with van der Waals surface area (Å²) < 4.78 is 5.79. The van der Waals surface area contributed by atoms with Crippen LogP contribution in [0.2, 0.25) is 0 Å². The van der Waals surface area contributed by atoms with Crippen LogP contribution in [0.5, 0.6) is 0 Å². The van der Waals surface area contributed by atoms with E-state index in [-0.39, 0.29) is 23.5 Å². The Morgan fingerprint density at radius 3 is 2.73 bits per heavy atom. The smallest absolute Gasteiger partial charge is 0.254 e. The molecule has 1 unspecified atom stereocenters. The number of rotatable bonds is 7. The van der Waals surface area contributed by atoms with Gasteiger partial charge in [0.25, 0.3) is 5.91 Å². The fraction of sp³-hybridized carbons (Fsp3) is 0.619. The van der Waals surface area contributed by atoms with E-state index in [4.69, 9.17) is 4.74 Å². The van der Waals surface area contributed by atoms with Gasteiger partial charge in [0.2, 0.25) is 5.91 Å². The van der Waals surface area contributed by atoms with E-state index in [1.165, 1.54) is 0 Å². The van der Waals surface area contributed by atoms with Gasteiger partial charge in [0.05, 0.1) is 5.60 Å². The average molecular weight is 360 g/mol. The highest BCUT2D eigenvalue weighted by atomic mass is 16.5. The van der Waals surface area contributed by atoms with Crippen molar-refractivity contribution in [1.82, 2.24) is 4.90 Å². The largest absolute Gasteiger partial charge is 0.375 e. The Morgan fingerprint density at radius 2 is 2.08 bits per heavy atom. The predicted octanol–water partition coefficient (Wildman–Crippen LogP) is 4.24. The number of nitrogens with one attached hydrogen (secondary N) is 1. The van der Waals surface area contributed by atoms with Crippen LogP contribution in [0.25, 0.3) is 0 Å². The zero-order chi connectivity index (χ0) is 19.2. The molecule has 1 N–H and O–H groups in total. The third-order valence-corrected chi connectivity index (χ3v) is 4.86. The van der Waals surface area contributed by atoms with Crippen LogP contribution in [0, 0.1) is 0 Å². The molecule has 1 aromatic carbocycles. The molecule has 2 amide bonds. The summed E-state index contributed by atoms with van der Waals surface area (Å²) in [5.41, 5.74) is 1.09. The molecule has 144 valence electrons. The number of anilines is 1. The van der Waals surface area contributed by atoms with Crippen LogP contribution >= 0.6 is 0 Å². The third-order valence-electron chi connectivity index (χ3n) is 4.86. The highest BCUT2D eigenvalue weighted by Crippen LogP contribution is 2.28. The van der Waals surface area contributed by atoms with Crippen molar-refractivity contribution in [2.24, 2.45) is 0 Å². The van der Waals surface area contributed by atoms with E-state index in [9.17, 15) is 9.59 Å². The molecule has 0 radical (unpaired) electrons. The van der Waals surface area contributed by atoms with Crippen molar-refractivity contribution in [3.63, 3.8) is 0 Å². The number of nitrogens with zero attached hydrogens (tertiary/aromatic N) is 1. The molecule has 5 nitrogen and oxygen atoms in total. The van der Waals surface area contributed by atoms with Gasteiger partial charge in [-0.15, -0.1) is 0 Å². The van der Waals surface area contributed by atoms with Gasteiger partial charge in [0.15, 0.2) is 0 Å². The molecule has 0 aromatic heterocycles. The van der Waals surface area contributed by atoms with Crippen molar-refractivity contribution >= 4 is 17.5 Å². The summed E-state index contributed by atoms with van der Waals surface area (Å²) in [5.74, 6) is 0.00910. The molecule has 1 atom stereocenters. The van der Waals surface area contributed by atoms with E-state index in [1.54, 1.807) is 6.07 Å². The van der Waals surface area contributed by atoms with E-state index in [0.717, 1.165) is 25.7 Å². The number of hydrogen-bond acceptors (Lipinski definition) is 3. The standard InChI is InChI=1S/C21H32N2O3/c1-5-7-11-19(24)22-17-10-8-9-16(14-17)20(25)23(6-2)18-12-13-26-21(3,4)15-18/h8-10,14,18H,5-7,11-13,15H2,1-4H3,(H,22,24). The SMILES string of the molecule is CCCCC(=O)Nc1cccc(C(=O)N(CC)C2CCOC(C)(C)C2)c1. The summed E-state index contributed by atoms with van der Waals surface area (Å²) in [6.45, 7) is 9.55. The molecule has 0 aliphatic carbocycles. The second-order valence-electron chi connectivity index (χ2n) is 7.58. The van der Waals surface area contributed by atoms with E-state index >= 15 is 0 Å². The summed E-state index contributed by atoms with van der Waals surface area (Å²) in [4.78, 5) is 26.9. The van der Waals surface area contributed by atoms with Crippen molar-refractivity contribution < 1.29 is 14.3 Å². The second-order valence-corrected chi connectivity index (χ2v) is 7.58. The zero-order valence-electron chi connectivity index (χ0n) is 16.5. The Labute approximate surface area is 157 Å². The number of carbonyl (C=O) groups is 2. The fourth-order valence-electron chi connectivity index (χ4n) is 3.49. The molecular weight excluding hydrogens is 328 g/mol. The Morgan fingerprint density at radius 1 is 1.31 bits per heavy atom. The highest BCUT2D eigenvalue weighted by Gasteiger charge is 2.34. The number of amides is 2. The Balaban J connectivity index is 2.09. The molecule has 0 bridgehead atoms. The van der Waals surface area contributed by atoms with Gasteiger partial charge < -0.3 is 15.0 Å². The van der Waals surface area contributed by atoms with Crippen molar-refractivity contribution in [1.29, 1.82) is 0 Å². The lowest BCUT2D eigenvalue weighted by Crippen LogP contribution is -2.48. The maximum atomic E-state index is 13.1. The molecule has 1 heterocycles. The van der Waals surface area contributed by atoms with Crippen LogP contribution < -0.4 is 5.32 Å². The first-order valence-electron chi connectivity index (χ1n) is 9.71. The predicted molar refractivity (Wildman–Crippen MR) is 104 cm³/mol. The minimum Gasteiger partial charge on any atom is -0.375 e.